The number of rotatable bonds is 3. The van der Waals surface area contributed by atoms with Crippen molar-refractivity contribution in [2.45, 2.75) is 13.0 Å². The molecule has 0 aromatic heterocycles. The second-order valence-electron chi connectivity index (χ2n) is 4.61. The van der Waals surface area contributed by atoms with Crippen LogP contribution in [0.15, 0.2) is 18.2 Å². The molecule has 2 rings (SSSR count). The number of benzene rings is 1. The second kappa shape index (κ2) is 6.78. The predicted octanol–water partition coefficient (Wildman–Crippen LogP) is 2.35. The van der Waals surface area contributed by atoms with E-state index in [4.69, 9.17) is 27.9 Å². The fourth-order valence-electron chi connectivity index (χ4n) is 2.05. The van der Waals surface area contributed by atoms with E-state index in [9.17, 15) is 9.00 Å². The van der Waals surface area contributed by atoms with Gasteiger partial charge in [-0.05, 0) is 25.1 Å². The molecule has 20 heavy (non-hydrogen) atoms. The van der Waals surface area contributed by atoms with Gasteiger partial charge in [-0.2, -0.15) is 0 Å². The van der Waals surface area contributed by atoms with Crippen LogP contribution in [-0.2, 0) is 15.6 Å². The molecule has 0 spiro atoms. The average molecular weight is 336 g/mol. The van der Waals surface area contributed by atoms with Crippen molar-refractivity contribution >= 4 is 39.9 Å². The summed E-state index contributed by atoms with van der Waals surface area (Å²) in [6, 6.07) is 4.82. The van der Waals surface area contributed by atoms with Crippen LogP contribution in [0.5, 0.6) is 5.75 Å². The highest BCUT2D eigenvalue weighted by Crippen LogP contribution is 2.27. The van der Waals surface area contributed by atoms with Gasteiger partial charge in [0.15, 0.2) is 6.61 Å². The highest BCUT2D eigenvalue weighted by Gasteiger charge is 2.26. The Labute approximate surface area is 130 Å². The van der Waals surface area contributed by atoms with Crippen molar-refractivity contribution in [2.24, 2.45) is 0 Å². The van der Waals surface area contributed by atoms with Gasteiger partial charge in [0.05, 0.1) is 5.02 Å². The molecule has 1 aromatic rings. The number of carbonyl (C=O) groups is 1. The van der Waals surface area contributed by atoms with E-state index < -0.39 is 10.8 Å². The minimum Gasteiger partial charge on any atom is -0.482 e. The van der Waals surface area contributed by atoms with Gasteiger partial charge in [-0.25, -0.2) is 0 Å². The Hall–Kier alpha value is -0.780. The van der Waals surface area contributed by atoms with Crippen LogP contribution in [0.25, 0.3) is 0 Å². The summed E-state index contributed by atoms with van der Waals surface area (Å²) in [7, 11) is -0.824. The van der Waals surface area contributed by atoms with E-state index in [1.165, 1.54) is 0 Å². The minimum absolute atomic E-state index is 0.0265. The van der Waals surface area contributed by atoms with Crippen molar-refractivity contribution in [1.29, 1.82) is 0 Å². The molecule has 2 unspecified atom stereocenters. The number of ether oxygens (including phenoxy) is 1. The molecular formula is C13H15Cl2NO3S. The van der Waals surface area contributed by atoms with Crippen molar-refractivity contribution in [1.82, 2.24) is 4.90 Å². The molecule has 0 radical (unpaired) electrons. The van der Waals surface area contributed by atoms with Gasteiger partial charge in [-0.15, -0.1) is 0 Å². The standard InChI is InChI=1S/C13H15Cl2NO3S/c1-9-8-20(18)5-4-16(9)13(17)7-19-12-3-2-10(14)6-11(12)15/h2-3,6,9H,4-5,7-8H2,1H3. The Balaban J connectivity index is 1.93. The fourth-order valence-corrected chi connectivity index (χ4v) is 3.80. The summed E-state index contributed by atoms with van der Waals surface area (Å²) in [5.41, 5.74) is 0. The van der Waals surface area contributed by atoms with Gasteiger partial charge in [0.2, 0.25) is 0 Å². The molecule has 2 atom stereocenters. The largest absolute Gasteiger partial charge is 0.482 e. The first-order valence-electron chi connectivity index (χ1n) is 6.19. The molecule has 110 valence electrons. The van der Waals surface area contributed by atoms with E-state index in [1.807, 2.05) is 6.92 Å². The number of halogens is 2. The van der Waals surface area contributed by atoms with Crippen molar-refractivity contribution in [3.05, 3.63) is 28.2 Å². The molecule has 0 bridgehead atoms. The van der Waals surface area contributed by atoms with Crippen LogP contribution in [0.2, 0.25) is 10.0 Å². The first-order chi connectivity index (χ1) is 9.47. The molecule has 1 heterocycles. The first-order valence-corrected chi connectivity index (χ1v) is 8.44. The third-order valence-electron chi connectivity index (χ3n) is 3.08. The predicted molar refractivity (Wildman–Crippen MR) is 81.0 cm³/mol. The fraction of sp³-hybridized carbons (Fsp3) is 0.462. The second-order valence-corrected chi connectivity index (χ2v) is 7.08. The van der Waals surface area contributed by atoms with Gasteiger partial charge in [0, 0.05) is 39.9 Å². The van der Waals surface area contributed by atoms with E-state index in [0.717, 1.165) is 0 Å². The van der Waals surface area contributed by atoms with Crippen molar-refractivity contribution in [3.63, 3.8) is 0 Å². The molecule has 1 aliphatic heterocycles. The maximum absolute atomic E-state index is 12.1. The average Bonchev–Trinajstić information content (AvgIpc) is 2.37. The molecule has 1 saturated heterocycles. The summed E-state index contributed by atoms with van der Waals surface area (Å²) >= 11 is 11.8. The number of nitrogens with zero attached hydrogens (tertiary/aromatic N) is 1. The molecule has 0 aliphatic carbocycles. The van der Waals surface area contributed by atoms with E-state index in [-0.39, 0.29) is 18.6 Å². The monoisotopic (exact) mass is 335 g/mol. The highest BCUT2D eigenvalue weighted by molar-refractivity contribution is 7.85. The van der Waals surface area contributed by atoms with Crippen LogP contribution in [0.4, 0.5) is 0 Å². The quantitative estimate of drug-likeness (QED) is 0.851. The van der Waals surface area contributed by atoms with Gasteiger partial charge >= 0.3 is 0 Å². The SMILES string of the molecule is CC1CS(=O)CCN1C(=O)COc1ccc(Cl)cc1Cl. The maximum Gasteiger partial charge on any atom is 0.260 e. The van der Waals surface area contributed by atoms with Crippen molar-refractivity contribution < 1.29 is 13.7 Å². The third-order valence-corrected chi connectivity index (χ3v) is 5.11. The van der Waals surface area contributed by atoms with E-state index in [1.54, 1.807) is 23.1 Å². The number of amides is 1. The lowest BCUT2D eigenvalue weighted by Crippen LogP contribution is -2.49. The van der Waals surface area contributed by atoms with Crippen molar-refractivity contribution in [2.75, 3.05) is 24.7 Å². The van der Waals surface area contributed by atoms with Crippen LogP contribution < -0.4 is 4.74 Å². The zero-order valence-corrected chi connectivity index (χ0v) is 13.3. The summed E-state index contributed by atoms with van der Waals surface area (Å²) in [6.45, 7) is 2.31. The lowest BCUT2D eigenvalue weighted by molar-refractivity contribution is -0.134. The minimum atomic E-state index is -0.824. The molecule has 1 aromatic carbocycles. The zero-order chi connectivity index (χ0) is 14.7. The van der Waals surface area contributed by atoms with Gasteiger partial charge in [0.1, 0.15) is 5.75 Å². The Morgan fingerprint density at radius 1 is 1.50 bits per heavy atom. The summed E-state index contributed by atoms with van der Waals surface area (Å²) in [6.07, 6.45) is 0. The molecule has 1 aliphatic rings. The number of carbonyl (C=O) groups excluding carboxylic acids is 1. The lowest BCUT2D eigenvalue weighted by atomic mass is 10.3. The molecule has 0 saturated carbocycles. The molecule has 1 fully saturated rings. The van der Waals surface area contributed by atoms with Crippen LogP contribution in [0.3, 0.4) is 0 Å². The lowest BCUT2D eigenvalue weighted by Gasteiger charge is -2.32. The zero-order valence-electron chi connectivity index (χ0n) is 11.0. The Morgan fingerprint density at radius 3 is 2.90 bits per heavy atom. The van der Waals surface area contributed by atoms with Gasteiger partial charge < -0.3 is 9.64 Å². The van der Waals surface area contributed by atoms with E-state index >= 15 is 0 Å². The first kappa shape index (κ1) is 15.6. The molecule has 7 heteroatoms. The van der Waals surface area contributed by atoms with Gasteiger partial charge in [-0.3, -0.25) is 9.00 Å². The van der Waals surface area contributed by atoms with Gasteiger partial charge in [-0.1, -0.05) is 23.2 Å². The number of hydrogen-bond acceptors (Lipinski definition) is 3. The van der Waals surface area contributed by atoms with Crippen LogP contribution in [0, 0.1) is 0 Å². The third kappa shape index (κ3) is 3.87. The van der Waals surface area contributed by atoms with Crippen LogP contribution in [-0.4, -0.2) is 45.7 Å². The number of hydrogen-bond donors (Lipinski definition) is 0. The normalized spacial score (nSPS) is 22.6. The summed E-state index contributed by atoms with van der Waals surface area (Å²) in [5.74, 6) is 1.35. The summed E-state index contributed by atoms with van der Waals surface area (Å²) in [5, 5.41) is 0.888. The van der Waals surface area contributed by atoms with Crippen LogP contribution >= 0.6 is 23.2 Å². The smallest absolute Gasteiger partial charge is 0.260 e. The molecule has 0 N–H and O–H groups in total. The maximum atomic E-state index is 12.1. The summed E-state index contributed by atoms with van der Waals surface area (Å²) in [4.78, 5) is 13.8. The van der Waals surface area contributed by atoms with E-state index in [2.05, 4.69) is 0 Å². The molecule has 4 nitrogen and oxygen atoms in total. The molecular weight excluding hydrogens is 321 g/mol. The Morgan fingerprint density at radius 2 is 2.25 bits per heavy atom. The van der Waals surface area contributed by atoms with E-state index in [0.29, 0.717) is 33.8 Å². The van der Waals surface area contributed by atoms with Gasteiger partial charge in [0.25, 0.3) is 5.91 Å². The molecule has 1 amide bonds. The Bertz CT molecular complexity index is 538. The van der Waals surface area contributed by atoms with Crippen molar-refractivity contribution in [3.8, 4) is 5.75 Å². The highest BCUT2D eigenvalue weighted by atomic mass is 35.5. The van der Waals surface area contributed by atoms with Crippen LogP contribution in [0.1, 0.15) is 6.92 Å². The topological polar surface area (TPSA) is 46.6 Å². The Kier molecular flexibility index (Phi) is 5.29. The summed E-state index contributed by atoms with van der Waals surface area (Å²) < 4.78 is 16.8.